The van der Waals surface area contributed by atoms with Crippen molar-refractivity contribution in [3.8, 4) is 0 Å². The molecule has 3 atom stereocenters. The lowest BCUT2D eigenvalue weighted by atomic mass is 9.85. The average molecular weight is 340 g/mol. The summed E-state index contributed by atoms with van der Waals surface area (Å²) in [4.78, 5) is 18.6. The van der Waals surface area contributed by atoms with E-state index in [-0.39, 0.29) is 11.9 Å². The molecule has 2 aromatic rings. The number of likely N-dealkylation sites (tertiary alicyclic amines) is 1. The van der Waals surface area contributed by atoms with Crippen molar-refractivity contribution in [2.75, 3.05) is 0 Å². The number of carbonyl (C=O) groups excluding carboxylic acids is 1. The third-order valence-corrected chi connectivity index (χ3v) is 5.58. The van der Waals surface area contributed by atoms with Gasteiger partial charge in [-0.05, 0) is 30.7 Å². The first-order valence-corrected chi connectivity index (χ1v) is 9.11. The van der Waals surface area contributed by atoms with Gasteiger partial charge in [0.15, 0.2) is 5.82 Å². The van der Waals surface area contributed by atoms with Gasteiger partial charge in [-0.25, -0.2) is 0 Å². The van der Waals surface area contributed by atoms with Crippen molar-refractivity contribution in [2.45, 2.75) is 57.2 Å². The molecule has 0 radical (unpaired) electrons. The molecule has 1 saturated heterocycles. The Balaban J connectivity index is 1.48. The number of fused-ring (bicyclic) bond motifs is 1. The van der Waals surface area contributed by atoms with Crippen LogP contribution in [0.25, 0.3) is 0 Å². The van der Waals surface area contributed by atoms with Gasteiger partial charge in [0.05, 0.1) is 12.6 Å². The third-order valence-electron chi connectivity index (χ3n) is 5.58. The van der Waals surface area contributed by atoms with Gasteiger partial charge in [-0.3, -0.25) is 9.69 Å². The molecule has 2 N–H and O–H groups in total. The monoisotopic (exact) mass is 340 g/mol. The maximum absolute atomic E-state index is 11.9. The van der Waals surface area contributed by atoms with Crippen molar-refractivity contribution in [2.24, 2.45) is 11.7 Å². The summed E-state index contributed by atoms with van der Waals surface area (Å²) in [6.45, 7) is 0.510. The van der Waals surface area contributed by atoms with Crippen LogP contribution in [0.4, 0.5) is 0 Å². The van der Waals surface area contributed by atoms with Crippen LogP contribution < -0.4 is 5.73 Å². The summed E-state index contributed by atoms with van der Waals surface area (Å²) >= 11 is 0. The van der Waals surface area contributed by atoms with Gasteiger partial charge in [0.1, 0.15) is 0 Å². The van der Waals surface area contributed by atoms with E-state index in [9.17, 15) is 4.79 Å². The first kappa shape index (κ1) is 16.3. The average Bonchev–Trinajstić information content (AvgIpc) is 3.21. The Morgan fingerprint density at radius 2 is 2.04 bits per heavy atom. The fraction of sp³-hybridized carbons (Fsp3) is 0.526. The minimum atomic E-state index is -0.238. The van der Waals surface area contributed by atoms with Crippen molar-refractivity contribution >= 4 is 5.91 Å². The van der Waals surface area contributed by atoms with E-state index in [1.165, 1.54) is 19.3 Å². The fourth-order valence-corrected chi connectivity index (χ4v) is 4.42. The SMILES string of the molecule is NC(=O)[C@@H]1C[C@H]2CCCC[C@H]2N1Cc1nc(Cc2ccccc2)no1. The number of rotatable bonds is 5. The van der Waals surface area contributed by atoms with Crippen molar-refractivity contribution in [1.29, 1.82) is 0 Å². The fourth-order valence-electron chi connectivity index (χ4n) is 4.42. The van der Waals surface area contributed by atoms with Gasteiger partial charge in [-0.15, -0.1) is 0 Å². The van der Waals surface area contributed by atoms with Gasteiger partial charge in [-0.2, -0.15) is 4.98 Å². The summed E-state index contributed by atoms with van der Waals surface area (Å²) in [5.74, 6) is 1.58. The standard InChI is InChI=1S/C19H24N4O2/c20-19(24)16-11-14-8-4-5-9-15(14)23(16)12-18-21-17(22-25-18)10-13-6-2-1-3-7-13/h1-3,6-7,14-16H,4-5,8-12H2,(H2,20,24)/t14-,15-,16+/m1/s1. The summed E-state index contributed by atoms with van der Waals surface area (Å²) in [7, 11) is 0. The molecule has 1 aromatic heterocycles. The molecule has 1 amide bonds. The van der Waals surface area contributed by atoms with Crippen molar-refractivity contribution in [1.82, 2.24) is 15.0 Å². The van der Waals surface area contributed by atoms with Gasteiger partial charge in [-0.1, -0.05) is 48.3 Å². The molecule has 6 nitrogen and oxygen atoms in total. The third kappa shape index (κ3) is 3.44. The van der Waals surface area contributed by atoms with Gasteiger partial charge in [0.2, 0.25) is 11.8 Å². The van der Waals surface area contributed by atoms with Crippen LogP contribution in [0.1, 0.15) is 49.4 Å². The number of nitrogens with zero attached hydrogens (tertiary/aromatic N) is 3. The number of nitrogens with two attached hydrogens (primary N) is 1. The lowest BCUT2D eigenvalue weighted by Gasteiger charge is -2.32. The highest BCUT2D eigenvalue weighted by molar-refractivity contribution is 5.80. The molecule has 0 bridgehead atoms. The van der Waals surface area contributed by atoms with Gasteiger partial charge in [0.25, 0.3) is 0 Å². The Bertz CT molecular complexity index is 730. The van der Waals surface area contributed by atoms with Crippen LogP contribution in [0, 0.1) is 5.92 Å². The van der Waals surface area contributed by atoms with E-state index in [1.54, 1.807) is 0 Å². The molecule has 132 valence electrons. The number of aromatic nitrogens is 2. The smallest absolute Gasteiger partial charge is 0.240 e. The van der Waals surface area contributed by atoms with Crippen LogP contribution in [0.2, 0.25) is 0 Å². The number of benzene rings is 1. The van der Waals surface area contributed by atoms with E-state index >= 15 is 0 Å². The lowest BCUT2D eigenvalue weighted by Crippen LogP contribution is -2.44. The molecule has 1 aromatic carbocycles. The van der Waals surface area contributed by atoms with Crippen LogP contribution in [-0.2, 0) is 17.8 Å². The predicted molar refractivity (Wildman–Crippen MR) is 92.4 cm³/mol. The van der Waals surface area contributed by atoms with Crippen LogP contribution >= 0.6 is 0 Å². The Kier molecular flexibility index (Phi) is 4.53. The summed E-state index contributed by atoms with van der Waals surface area (Å²) in [5.41, 5.74) is 6.81. The van der Waals surface area contributed by atoms with Crippen molar-refractivity contribution < 1.29 is 9.32 Å². The topological polar surface area (TPSA) is 85.3 Å². The normalized spacial score (nSPS) is 26.5. The summed E-state index contributed by atoms with van der Waals surface area (Å²) in [6.07, 6.45) is 6.29. The van der Waals surface area contributed by atoms with Gasteiger partial charge in [0, 0.05) is 12.5 Å². The molecule has 4 rings (SSSR count). The van der Waals surface area contributed by atoms with Crippen molar-refractivity contribution in [3.63, 3.8) is 0 Å². The molecule has 1 aliphatic heterocycles. The summed E-state index contributed by atoms with van der Waals surface area (Å²) in [6, 6.07) is 10.3. The Morgan fingerprint density at radius 1 is 1.24 bits per heavy atom. The molecule has 6 heteroatoms. The van der Waals surface area contributed by atoms with Crippen LogP contribution in [0.5, 0.6) is 0 Å². The highest BCUT2D eigenvalue weighted by Gasteiger charge is 2.44. The predicted octanol–water partition coefficient (Wildman–Crippen LogP) is 2.28. The zero-order chi connectivity index (χ0) is 17.2. The van der Waals surface area contributed by atoms with E-state index in [2.05, 4.69) is 15.0 Å². The Labute approximate surface area is 147 Å². The minimum absolute atomic E-state index is 0.211. The lowest BCUT2D eigenvalue weighted by molar-refractivity contribution is -0.123. The molecule has 0 unspecified atom stereocenters. The van der Waals surface area contributed by atoms with E-state index in [1.807, 2.05) is 30.3 Å². The van der Waals surface area contributed by atoms with Crippen LogP contribution in [0.3, 0.4) is 0 Å². The minimum Gasteiger partial charge on any atom is -0.368 e. The van der Waals surface area contributed by atoms with Gasteiger partial charge < -0.3 is 10.3 Å². The van der Waals surface area contributed by atoms with Gasteiger partial charge >= 0.3 is 0 Å². The highest BCUT2D eigenvalue weighted by atomic mass is 16.5. The number of primary amides is 1. The second-order valence-electron chi connectivity index (χ2n) is 7.20. The number of hydrogen-bond acceptors (Lipinski definition) is 5. The van der Waals surface area contributed by atoms with Crippen molar-refractivity contribution in [3.05, 3.63) is 47.6 Å². The molecule has 25 heavy (non-hydrogen) atoms. The van der Waals surface area contributed by atoms with E-state index in [0.29, 0.717) is 36.6 Å². The Morgan fingerprint density at radius 3 is 2.84 bits per heavy atom. The largest absolute Gasteiger partial charge is 0.368 e. The molecule has 0 spiro atoms. The second kappa shape index (κ2) is 6.96. The maximum atomic E-state index is 11.9. The van der Waals surface area contributed by atoms with E-state index in [0.717, 1.165) is 18.4 Å². The first-order valence-electron chi connectivity index (χ1n) is 9.11. The second-order valence-corrected chi connectivity index (χ2v) is 7.20. The van der Waals surface area contributed by atoms with E-state index in [4.69, 9.17) is 10.3 Å². The first-order chi connectivity index (χ1) is 12.2. The van der Waals surface area contributed by atoms with E-state index < -0.39 is 0 Å². The maximum Gasteiger partial charge on any atom is 0.240 e. The zero-order valence-corrected chi connectivity index (χ0v) is 14.3. The van der Waals surface area contributed by atoms with Crippen LogP contribution in [-0.4, -0.2) is 33.0 Å². The molecular formula is C19H24N4O2. The number of hydrogen-bond donors (Lipinski definition) is 1. The summed E-state index contributed by atoms with van der Waals surface area (Å²) in [5, 5.41) is 4.10. The number of amides is 1. The van der Waals surface area contributed by atoms with Crippen LogP contribution in [0.15, 0.2) is 34.9 Å². The molecule has 2 heterocycles. The zero-order valence-electron chi connectivity index (χ0n) is 14.3. The highest BCUT2D eigenvalue weighted by Crippen LogP contribution is 2.40. The molecule has 1 saturated carbocycles. The Hall–Kier alpha value is -2.21. The molecule has 2 fully saturated rings. The molecule has 1 aliphatic carbocycles. The number of carbonyl (C=O) groups is 1. The quantitative estimate of drug-likeness (QED) is 0.902. The summed E-state index contributed by atoms with van der Waals surface area (Å²) < 4.78 is 5.45. The molecular weight excluding hydrogens is 316 g/mol. The molecule has 2 aliphatic rings.